The monoisotopic (exact) mass is 566 g/mol. The van der Waals surface area contributed by atoms with Crippen molar-refractivity contribution in [3.8, 4) is 0 Å². The van der Waals surface area contributed by atoms with Crippen LogP contribution in [0.2, 0.25) is 5.02 Å². The van der Waals surface area contributed by atoms with Gasteiger partial charge in [-0.15, -0.1) is 0 Å². The summed E-state index contributed by atoms with van der Waals surface area (Å²) in [5.41, 5.74) is -0.143. The Bertz CT molecular complexity index is 1180. The van der Waals surface area contributed by atoms with E-state index in [1.807, 2.05) is 11.9 Å². The first-order valence-corrected chi connectivity index (χ1v) is 13.4. The van der Waals surface area contributed by atoms with Crippen molar-refractivity contribution in [1.29, 1.82) is 0 Å². The lowest BCUT2D eigenvalue weighted by molar-refractivity contribution is -0.138. The molecule has 2 saturated heterocycles. The van der Waals surface area contributed by atoms with Crippen LogP contribution < -0.4 is 10.6 Å². The molecule has 2 N–H and O–H groups in total. The van der Waals surface area contributed by atoms with Crippen LogP contribution in [0.1, 0.15) is 28.4 Å². The smallest absolute Gasteiger partial charge is 0.322 e. The molecule has 0 bridgehead atoms. The van der Waals surface area contributed by atoms with Gasteiger partial charge in [0, 0.05) is 80.9 Å². The van der Waals surface area contributed by atoms with Crippen LogP contribution in [-0.2, 0) is 12.7 Å². The van der Waals surface area contributed by atoms with Crippen LogP contribution in [0, 0.1) is 0 Å². The zero-order valence-corrected chi connectivity index (χ0v) is 22.9. The van der Waals surface area contributed by atoms with Gasteiger partial charge >= 0.3 is 12.2 Å². The molecule has 0 spiro atoms. The predicted molar refractivity (Wildman–Crippen MR) is 146 cm³/mol. The van der Waals surface area contributed by atoms with Crippen molar-refractivity contribution >= 4 is 34.9 Å². The zero-order valence-electron chi connectivity index (χ0n) is 22.2. The molecule has 39 heavy (non-hydrogen) atoms. The Hall–Kier alpha value is -2.86. The molecule has 0 aliphatic carbocycles. The van der Waals surface area contributed by atoms with Gasteiger partial charge in [-0.1, -0.05) is 24.6 Å². The maximum absolute atomic E-state index is 14.0. The Labute approximate surface area is 231 Å². The van der Waals surface area contributed by atoms with Gasteiger partial charge in [0.05, 0.1) is 5.56 Å². The van der Waals surface area contributed by atoms with Crippen LogP contribution in [0.5, 0.6) is 0 Å². The minimum atomic E-state index is -4.57. The number of carbonyl (C=O) groups excluding carboxylic acids is 2. The van der Waals surface area contributed by atoms with Gasteiger partial charge in [0.2, 0.25) is 0 Å². The van der Waals surface area contributed by atoms with Crippen molar-refractivity contribution in [3.63, 3.8) is 0 Å². The van der Waals surface area contributed by atoms with E-state index >= 15 is 0 Å². The molecule has 2 aliphatic rings. The van der Waals surface area contributed by atoms with Crippen LogP contribution in [0.15, 0.2) is 36.4 Å². The number of hydrogen-bond acceptors (Lipinski definition) is 5. The molecule has 0 unspecified atom stereocenters. The molecule has 2 fully saturated rings. The lowest BCUT2D eigenvalue weighted by Crippen LogP contribution is -2.48. The van der Waals surface area contributed by atoms with E-state index in [1.54, 1.807) is 4.90 Å². The second-order valence-electron chi connectivity index (χ2n) is 9.98. The van der Waals surface area contributed by atoms with Gasteiger partial charge in [-0.3, -0.25) is 9.69 Å². The molecule has 2 aromatic carbocycles. The van der Waals surface area contributed by atoms with Gasteiger partial charge in [-0.25, -0.2) is 4.79 Å². The van der Waals surface area contributed by atoms with Crippen LogP contribution >= 0.6 is 11.6 Å². The summed E-state index contributed by atoms with van der Waals surface area (Å²) in [5, 5.41) is 5.51. The number of hydrogen-bond donors (Lipinski definition) is 2. The number of rotatable bonds is 6. The molecule has 8 nitrogen and oxygen atoms in total. The van der Waals surface area contributed by atoms with Crippen molar-refractivity contribution in [1.82, 2.24) is 19.6 Å². The number of carbonyl (C=O) groups is 2. The first-order valence-electron chi connectivity index (χ1n) is 13.0. The molecule has 0 aromatic heterocycles. The molecule has 212 valence electrons. The van der Waals surface area contributed by atoms with Crippen LogP contribution in [0.25, 0.3) is 0 Å². The Morgan fingerprint density at radius 1 is 0.872 bits per heavy atom. The van der Waals surface area contributed by atoms with Gasteiger partial charge in [-0.05, 0) is 49.5 Å². The number of benzene rings is 2. The fourth-order valence-corrected chi connectivity index (χ4v) is 5.00. The molecule has 2 aliphatic heterocycles. The minimum absolute atomic E-state index is 0.0230. The number of nitrogens with zero attached hydrogens (tertiary/aromatic N) is 4. The van der Waals surface area contributed by atoms with E-state index in [2.05, 4.69) is 27.4 Å². The number of halogens is 4. The summed E-state index contributed by atoms with van der Waals surface area (Å²) < 4.78 is 41.9. The van der Waals surface area contributed by atoms with Crippen molar-refractivity contribution in [2.45, 2.75) is 19.6 Å². The largest absolute Gasteiger partial charge is 0.416 e. The summed E-state index contributed by atoms with van der Waals surface area (Å²) in [4.78, 5) is 33.7. The number of anilines is 2. The van der Waals surface area contributed by atoms with E-state index in [0.717, 1.165) is 38.8 Å². The third-order valence-corrected chi connectivity index (χ3v) is 7.40. The first kappa shape index (κ1) is 29.1. The Balaban J connectivity index is 1.45. The highest BCUT2D eigenvalue weighted by molar-refractivity contribution is 6.31. The van der Waals surface area contributed by atoms with Crippen molar-refractivity contribution in [3.05, 3.63) is 58.1 Å². The highest BCUT2D eigenvalue weighted by Crippen LogP contribution is 2.35. The molecular formula is C27H34ClF3N6O2. The summed E-state index contributed by atoms with van der Waals surface area (Å²) in [5.74, 6) is -0.635. The Kier molecular flexibility index (Phi) is 9.37. The molecular weight excluding hydrogens is 533 g/mol. The first-order chi connectivity index (χ1) is 18.5. The van der Waals surface area contributed by atoms with E-state index < -0.39 is 17.6 Å². The van der Waals surface area contributed by atoms with E-state index in [0.29, 0.717) is 31.9 Å². The zero-order chi connectivity index (χ0) is 28.2. The van der Waals surface area contributed by atoms with Crippen LogP contribution in [0.3, 0.4) is 0 Å². The summed E-state index contributed by atoms with van der Waals surface area (Å²) in [6, 6.07) is 7.93. The molecule has 12 heteroatoms. The van der Waals surface area contributed by atoms with Gasteiger partial charge in [0.25, 0.3) is 5.91 Å². The minimum Gasteiger partial charge on any atom is -0.322 e. The number of piperazine rings is 2. The average Bonchev–Trinajstić information content (AvgIpc) is 2.89. The van der Waals surface area contributed by atoms with Gasteiger partial charge in [0.15, 0.2) is 0 Å². The molecule has 2 aromatic rings. The van der Waals surface area contributed by atoms with Crippen molar-refractivity contribution in [2.24, 2.45) is 0 Å². The summed E-state index contributed by atoms with van der Waals surface area (Å²) in [6.45, 7) is 8.88. The number of urea groups is 1. The molecule has 0 radical (unpaired) electrons. The Morgan fingerprint density at radius 2 is 1.54 bits per heavy atom. The maximum Gasteiger partial charge on any atom is 0.416 e. The number of likely N-dealkylation sites (N-methyl/N-ethyl adjacent to an activating group) is 2. The topological polar surface area (TPSA) is 71.2 Å². The SMILES string of the molecule is CCN1CCN(Cc2ccc(NC(=O)c3cc(Cl)cc(NC(=O)N4CCN(C)CC4)c3)cc2C(F)(F)F)CC1. The molecule has 4 rings (SSSR count). The van der Waals surface area contributed by atoms with Crippen molar-refractivity contribution < 1.29 is 22.8 Å². The van der Waals surface area contributed by atoms with Crippen LogP contribution in [-0.4, -0.2) is 97.5 Å². The molecule has 0 saturated carbocycles. The standard InChI is InChI=1S/C27H34ClF3N6O2/c1-3-35-8-10-36(11-9-35)18-19-4-5-22(17-24(19)27(29,30)31)32-25(38)20-14-21(28)16-23(15-20)33-26(39)37-12-6-34(2)7-13-37/h4-5,14-17H,3,6-13,18H2,1-2H3,(H,32,38)(H,33,39). The average molecular weight is 567 g/mol. The molecule has 2 heterocycles. The van der Waals surface area contributed by atoms with Crippen molar-refractivity contribution in [2.75, 3.05) is 76.6 Å². The fraction of sp³-hybridized carbons (Fsp3) is 0.481. The number of nitrogens with one attached hydrogen (secondary N) is 2. The highest BCUT2D eigenvalue weighted by atomic mass is 35.5. The molecule has 3 amide bonds. The van der Waals surface area contributed by atoms with Crippen LogP contribution in [0.4, 0.5) is 29.3 Å². The Morgan fingerprint density at radius 3 is 2.18 bits per heavy atom. The summed E-state index contributed by atoms with van der Waals surface area (Å²) >= 11 is 6.19. The van der Waals surface area contributed by atoms with E-state index in [-0.39, 0.29) is 34.4 Å². The second-order valence-corrected chi connectivity index (χ2v) is 10.4. The quantitative estimate of drug-likeness (QED) is 0.538. The summed E-state index contributed by atoms with van der Waals surface area (Å²) in [6.07, 6.45) is -4.57. The lowest BCUT2D eigenvalue weighted by Gasteiger charge is -2.34. The van der Waals surface area contributed by atoms with Gasteiger partial charge in [-0.2, -0.15) is 13.2 Å². The highest BCUT2D eigenvalue weighted by Gasteiger charge is 2.34. The summed E-state index contributed by atoms with van der Waals surface area (Å²) in [7, 11) is 1.98. The molecule has 0 atom stereocenters. The third-order valence-electron chi connectivity index (χ3n) is 7.18. The third kappa shape index (κ3) is 7.84. The van der Waals surface area contributed by atoms with Gasteiger partial charge < -0.3 is 25.3 Å². The fourth-order valence-electron chi connectivity index (χ4n) is 4.77. The van der Waals surface area contributed by atoms with E-state index in [9.17, 15) is 22.8 Å². The maximum atomic E-state index is 14.0. The number of alkyl halides is 3. The number of amides is 3. The predicted octanol–water partition coefficient (Wildman–Crippen LogP) is 4.53. The van der Waals surface area contributed by atoms with E-state index in [4.69, 9.17) is 11.6 Å². The normalized spacial score (nSPS) is 17.7. The second kappa shape index (κ2) is 12.5. The lowest BCUT2D eigenvalue weighted by atomic mass is 10.0. The van der Waals surface area contributed by atoms with E-state index in [1.165, 1.54) is 30.3 Å². The van der Waals surface area contributed by atoms with Gasteiger partial charge in [0.1, 0.15) is 0 Å².